The zero-order valence-electron chi connectivity index (χ0n) is 19.2. The number of nitrogens with one attached hydrogen (secondary N) is 2. The van der Waals surface area contributed by atoms with Crippen LogP contribution in [0.3, 0.4) is 0 Å². The van der Waals surface area contributed by atoms with Crippen molar-refractivity contribution in [3.63, 3.8) is 0 Å². The van der Waals surface area contributed by atoms with Crippen molar-refractivity contribution >= 4 is 26.8 Å². The molecule has 2 heterocycles. The van der Waals surface area contributed by atoms with Crippen LogP contribution >= 0.6 is 0 Å². The molecule has 182 valence electrons. The second kappa shape index (κ2) is 9.10. The minimum absolute atomic E-state index is 0.0447. The first kappa shape index (κ1) is 24.3. The number of aromatic nitrogens is 2. The highest BCUT2D eigenvalue weighted by atomic mass is 32.2. The third-order valence-electron chi connectivity index (χ3n) is 5.71. The lowest BCUT2D eigenvalue weighted by atomic mass is 10.0. The first-order valence-corrected chi connectivity index (χ1v) is 12.3. The molecule has 0 aliphatic carbocycles. The number of carbonyl (C=O) groups is 1. The summed E-state index contributed by atoms with van der Waals surface area (Å²) in [4.78, 5) is 28.8. The molecule has 2 N–H and O–H groups in total. The lowest BCUT2D eigenvalue weighted by molar-refractivity contribution is 0.0973. The average molecular weight is 500 g/mol. The van der Waals surface area contributed by atoms with Gasteiger partial charge in [-0.2, -0.15) is 0 Å². The van der Waals surface area contributed by atoms with E-state index >= 15 is 0 Å². The van der Waals surface area contributed by atoms with Crippen LogP contribution in [0.15, 0.2) is 59.5 Å². The molecule has 4 aromatic rings. The number of halogens is 2. The number of carbonyl (C=O) groups excluding carboxylic acids is 1. The van der Waals surface area contributed by atoms with E-state index in [4.69, 9.17) is 0 Å². The number of fused-ring (bicyclic) bond motifs is 1. The van der Waals surface area contributed by atoms with Crippen LogP contribution in [0.25, 0.3) is 22.0 Å². The quantitative estimate of drug-likeness (QED) is 0.417. The number of sulfonamides is 1. The van der Waals surface area contributed by atoms with Gasteiger partial charge in [0.2, 0.25) is 10.0 Å². The summed E-state index contributed by atoms with van der Waals surface area (Å²) in [5.74, 6) is -2.34. The van der Waals surface area contributed by atoms with Crippen LogP contribution in [-0.2, 0) is 16.6 Å². The van der Waals surface area contributed by atoms with Crippen molar-refractivity contribution in [1.82, 2.24) is 14.3 Å². The topological polar surface area (TPSA) is 101 Å². The molecule has 0 fully saturated rings. The fourth-order valence-corrected chi connectivity index (χ4v) is 4.48. The van der Waals surface area contributed by atoms with Gasteiger partial charge < -0.3 is 9.55 Å². The van der Waals surface area contributed by atoms with E-state index in [0.29, 0.717) is 10.9 Å². The maximum absolute atomic E-state index is 14.6. The van der Waals surface area contributed by atoms with Gasteiger partial charge in [-0.1, -0.05) is 11.6 Å². The number of aromatic amines is 1. The van der Waals surface area contributed by atoms with Gasteiger partial charge in [0.1, 0.15) is 17.3 Å². The molecular weight excluding hydrogens is 476 g/mol. The average Bonchev–Trinajstić information content (AvgIpc) is 3.09. The molecule has 0 aliphatic heterocycles. The summed E-state index contributed by atoms with van der Waals surface area (Å²) >= 11 is 0. The molecule has 10 heteroatoms. The zero-order valence-corrected chi connectivity index (χ0v) is 20.0. The van der Waals surface area contributed by atoms with Crippen LogP contribution < -0.4 is 10.3 Å². The van der Waals surface area contributed by atoms with Gasteiger partial charge in [0.05, 0.1) is 11.8 Å². The first-order valence-electron chi connectivity index (χ1n) is 10.8. The largest absolute Gasteiger partial charge is 0.331 e. The van der Waals surface area contributed by atoms with E-state index in [0.717, 1.165) is 23.8 Å². The van der Waals surface area contributed by atoms with Crippen molar-refractivity contribution in [1.29, 1.82) is 0 Å². The maximum Gasteiger partial charge on any atom is 0.282 e. The van der Waals surface area contributed by atoms with Gasteiger partial charge in [0.15, 0.2) is 0 Å². The molecule has 0 radical (unpaired) electrons. The Labute approximate surface area is 200 Å². The van der Waals surface area contributed by atoms with Crippen LogP contribution in [0.4, 0.5) is 8.78 Å². The Morgan fingerprint density at radius 2 is 1.86 bits per heavy atom. The van der Waals surface area contributed by atoms with Crippen molar-refractivity contribution in [3.8, 4) is 11.1 Å². The third-order valence-corrected chi connectivity index (χ3v) is 7.42. The molecule has 0 atom stereocenters. The number of amides is 1. The van der Waals surface area contributed by atoms with Crippen LogP contribution in [0.1, 0.15) is 35.5 Å². The number of pyridine rings is 1. The molecule has 2 aromatic heterocycles. The van der Waals surface area contributed by atoms with Crippen molar-refractivity contribution < 1.29 is 22.0 Å². The summed E-state index contributed by atoms with van der Waals surface area (Å²) in [6.07, 6.45) is 1.43. The van der Waals surface area contributed by atoms with Gasteiger partial charge in [0, 0.05) is 33.8 Å². The molecular formula is C25H23F2N3O4S. The summed E-state index contributed by atoms with van der Waals surface area (Å²) in [5, 5.41) is -0.415. The number of rotatable bonds is 6. The second-order valence-electron chi connectivity index (χ2n) is 8.50. The van der Waals surface area contributed by atoms with E-state index in [1.54, 1.807) is 24.3 Å². The van der Waals surface area contributed by atoms with E-state index < -0.39 is 38.4 Å². The SMILES string of the molecule is Cc1ccc2c(c1)c(-c1ccc[nH]c1=O)c(C(=O)NS(=O)(=O)C(C)C)n2Cc1cc(F)ccc1F. The molecule has 35 heavy (non-hydrogen) atoms. The molecule has 0 bridgehead atoms. The summed E-state index contributed by atoms with van der Waals surface area (Å²) < 4.78 is 57.1. The van der Waals surface area contributed by atoms with Gasteiger partial charge in [-0.3, -0.25) is 9.59 Å². The highest BCUT2D eigenvalue weighted by molar-refractivity contribution is 7.90. The number of hydrogen-bond donors (Lipinski definition) is 2. The Morgan fingerprint density at radius 1 is 1.11 bits per heavy atom. The Bertz CT molecular complexity index is 1620. The monoisotopic (exact) mass is 499 g/mol. The van der Waals surface area contributed by atoms with Crippen molar-refractivity contribution in [2.45, 2.75) is 32.6 Å². The van der Waals surface area contributed by atoms with Crippen LogP contribution in [0.2, 0.25) is 0 Å². The maximum atomic E-state index is 14.6. The number of benzene rings is 2. The van der Waals surface area contributed by atoms with E-state index in [2.05, 4.69) is 9.71 Å². The highest BCUT2D eigenvalue weighted by Gasteiger charge is 2.29. The van der Waals surface area contributed by atoms with Crippen LogP contribution in [-0.4, -0.2) is 29.1 Å². The number of H-pyrrole nitrogens is 1. The van der Waals surface area contributed by atoms with E-state index in [-0.39, 0.29) is 28.9 Å². The molecule has 0 spiro atoms. The Hall–Kier alpha value is -3.79. The fraction of sp³-hybridized carbons (Fsp3) is 0.200. The molecule has 0 saturated heterocycles. The summed E-state index contributed by atoms with van der Waals surface area (Å²) in [5.41, 5.74) is 0.900. The van der Waals surface area contributed by atoms with Crippen molar-refractivity contribution in [3.05, 3.63) is 93.5 Å². The number of hydrogen-bond acceptors (Lipinski definition) is 4. The predicted molar refractivity (Wildman–Crippen MR) is 130 cm³/mol. The molecule has 0 aliphatic rings. The van der Waals surface area contributed by atoms with Crippen molar-refractivity contribution in [2.24, 2.45) is 0 Å². The summed E-state index contributed by atoms with van der Waals surface area (Å²) in [7, 11) is -4.04. The standard InChI is InChI=1S/C25H23F2N3O4S/c1-14(2)35(33,34)29-25(32)23-22(18-5-4-10-28-24(18)31)19-11-15(3)6-9-21(19)30(23)13-16-12-17(26)7-8-20(16)27/h4-12,14H,13H2,1-3H3,(H,28,31)(H,29,32). The number of aryl methyl sites for hydroxylation is 1. The molecule has 7 nitrogen and oxygen atoms in total. The van der Waals surface area contributed by atoms with E-state index in [1.807, 2.05) is 6.92 Å². The molecule has 1 amide bonds. The van der Waals surface area contributed by atoms with Gasteiger partial charge in [0.25, 0.3) is 11.5 Å². The lowest BCUT2D eigenvalue weighted by Gasteiger charge is -2.15. The predicted octanol–water partition coefficient (Wildman–Crippen LogP) is 4.10. The minimum atomic E-state index is -4.04. The van der Waals surface area contributed by atoms with Crippen LogP contribution in [0.5, 0.6) is 0 Å². The van der Waals surface area contributed by atoms with Gasteiger partial charge in [-0.25, -0.2) is 21.9 Å². The summed E-state index contributed by atoms with van der Waals surface area (Å²) in [6.45, 7) is 4.38. The number of nitrogens with zero attached hydrogens (tertiary/aromatic N) is 1. The fourth-order valence-electron chi connectivity index (χ4n) is 3.89. The second-order valence-corrected chi connectivity index (χ2v) is 10.7. The Kier molecular flexibility index (Phi) is 6.33. The summed E-state index contributed by atoms with van der Waals surface area (Å²) in [6, 6.07) is 11.3. The highest BCUT2D eigenvalue weighted by Crippen LogP contribution is 2.35. The van der Waals surface area contributed by atoms with Gasteiger partial charge in [-0.05, 0) is 63.2 Å². The van der Waals surface area contributed by atoms with E-state index in [9.17, 15) is 26.8 Å². The lowest BCUT2D eigenvalue weighted by Crippen LogP contribution is -2.37. The smallest absolute Gasteiger partial charge is 0.282 e. The zero-order chi connectivity index (χ0) is 25.5. The van der Waals surface area contributed by atoms with E-state index in [1.165, 1.54) is 30.7 Å². The van der Waals surface area contributed by atoms with Gasteiger partial charge in [-0.15, -0.1) is 0 Å². The van der Waals surface area contributed by atoms with Gasteiger partial charge >= 0.3 is 0 Å². The molecule has 2 aromatic carbocycles. The Balaban J connectivity index is 2.08. The van der Waals surface area contributed by atoms with Crippen LogP contribution in [0, 0.1) is 18.6 Å². The molecule has 4 rings (SSSR count). The molecule has 0 unspecified atom stereocenters. The normalized spacial score (nSPS) is 11.8. The first-order chi connectivity index (χ1) is 16.5. The minimum Gasteiger partial charge on any atom is -0.331 e. The van der Waals surface area contributed by atoms with Crippen molar-refractivity contribution in [2.75, 3.05) is 0 Å². The Morgan fingerprint density at radius 3 is 2.54 bits per heavy atom. The molecule has 0 saturated carbocycles. The third kappa shape index (κ3) is 4.61.